The van der Waals surface area contributed by atoms with E-state index in [9.17, 15) is 8.42 Å². The third-order valence-corrected chi connectivity index (χ3v) is 7.48. The van der Waals surface area contributed by atoms with E-state index in [1.165, 1.54) is 22.0 Å². The van der Waals surface area contributed by atoms with E-state index < -0.39 is 10.0 Å². The number of sulfonamides is 1. The first-order chi connectivity index (χ1) is 15.9. The van der Waals surface area contributed by atoms with E-state index in [0.717, 1.165) is 33.1 Å². The molecule has 9 heteroatoms. The molecule has 33 heavy (non-hydrogen) atoms. The number of hydrogen-bond donors (Lipinski definition) is 0. The first-order valence-electron chi connectivity index (χ1n) is 10.3. The molecule has 1 aliphatic rings. The molecule has 0 saturated carbocycles. The SMILES string of the molecule is COc1ccc(-c2nn(-c3ccccc3)cc2C2=NN(S(C)(=O)=O)C(c3cccs3)C2)cc1. The Morgan fingerprint density at radius 2 is 1.79 bits per heavy atom. The van der Waals surface area contributed by atoms with E-state index >= 15 is 0 Å². The normalized spacial score (nSPS) is 16.1. The van der Waals surface area contributed by atoms with Gasteiger partial charge in [-0.05, 0) is 47.8 Å². The van der Waals surface area contributed by atoms with E-state index in [1.54, 1.807) is 11.8 Å². The molecule has 0 fully saturated rings. The van der Waals surface area contributed by atoms with Crippen molar-refractivity contribution >= 4 is 27.1 Å². The van der Waals surface area contributed by atoms with Crippen LogP contribution in [0.15, 0.2) is 83.4 Å². The lowest BCUT2D eigenvalue weighted by Crippen LogP contribution is -2.25. The monoisotopic (exact) mass is 478 g/mol. The zero-order valence-corrected chi connectivity index (χ0v) is 19.8. The van der Waals surface area contributed by atoms with Crippen molar-refractivity contribution in [1.82, 2.24) is 14.2 Å². The number of benzene rings is 2. The van der Waals surface area contributed by atoms with Crippen LogP contribution in [0.5, 0.6) is 5.75 Å². The maximum Gasteiger partial charge on any atom is 0.247 e. The Labute approximate surface area is 196 Å². The van der Waals surface area contributed by atoms with Gasteiger partial charge >= 0.3 is 0 Å². The van der Waals surface area contributed by atoms with Crippen LogP contribution in [0, 0.1) is 0 Å². The molecule has 3 heterocycles. The lowest BCUT2D eigenvalue weighted by atomic mass is 10.0. The van der Waals surface area contributed by atoms with E-state index in [0.29, 0.717) is 12.1 Å². The van der Waals surface area contributed by atoms with Gasteiger partial charge in [0.2, 0.25) is 10.0 Å². The summed E-state index contributed by atoms with van der Waals surface area (Å²) in [7, 11) is -1.91. The molecule has 0 bridgehead atoms. The van der Waals surface area contributed by atoms with Crippen LogP contribution < -0.4 is 4.74 Å². The summed E-state index contributed by atoms with van der Waals surface area (Å²) in [5, 5.41) is 11.4. The van der Waals surface area contributed by atoms with Gasteiger partial charge in [-0.3, -0.25) is 0 Å². The first kappa shape index (κ1) is 21.4. The molecule has 1 unspecified atom stereocenters. The Morgan fingerprint density at radius 1 is 1.03 bits per heavy atom. The molecule has 0 spiro atoms. The predicted octanol–water partition coefficient (Wildman–Crippen LogP) is 4.72. The maximum absolute atomic E-state index is 12.6. The summed E-state index contributed by atoms with van der Waals surface area (Å²) < 4.78 is 33.4. The van der Waals surface area contributed by atoms with E-state index in [-0.39, 0.29) is 6.04 Å². The number of methoxy groups -OCH3 is 1. The highest BCUT2D eigenvalue weighted by molar-refractivity contribution is 7.88. The molecule has 0 aliphatic carbocycles. The molecule has 1 aliphatic heterocycles. The first-order valence-corrected chi connectivity index (χ1v) is 13.1. The van der Waals surface area contributed by atoms with Gasteiger partial charge in [-0.15, -0.1) is 11.3 Å². The molecule has 1 atom stereocenters. The highest BCUT2D eigenvalue weighted by Gasteiger charge is 2.36. The van der Waals surface area contributed by atoms with Crippen molar-refractivity contribution in [2.24, 2.45) is 5.10 Å². The number of rotatable bonds is 6. The minimum absolute atomic E-state index is 0.362. The van der Waals surface area contributed by atoms with Crippen molar-refractivity contribution in [2.75, 3.05) is 13.4 Å². The second-order valence-corrected chi connectivity index (χ2v) is 10.5. The van der Waals surface area contributed by atoms with Crippen LogP contribution >= 0.6 is 11.3 Å². The second-order valence-electron chi connectivity index (χ2n) is 7.72. The van der Waals surface area contributed by atoms with Gasteiger partial charge in [-0.25, -0.2) is 13.1 Å². The minimum Gasteiger partial charge on any atom is -0.497 e. The molecule has 7 nitrogen and oxygen atoms in total. The van der Waals surface area contributed by atoms with Crippen LogP contribution in [0.1, 0.15) is 22.9 Å². The van der Waals surface area contributed by atoms with Gasteiger partial charge in [-0.1, -0.05) is 24.3 Å². The highest BCUT2D eigenvalue weighted by Crippen LogP contribution is 2.38. The van der Waals surface area contributed by atoms with Crippen molar-refractivity contribution in [2.45, 2.75) is 12.5 Å². The van der Waals surface area contributed by atoms with Crippen LogP contribution in [0.3, 0.4) is 0 Å². The van der Waals surface area contributed by atoms with Crippen LogP contribution in [-0.2, 0) is 10.0 Å². The van der Waals surface area contributed by atoms with Gasteiger partial charge in [0.15, 0.2) is 0 Å². The number of aromatic nitrogens is 2. The third kappa shape index (κ3) is 4.17. The number of hydrazone groups is 1. The van der Waals surface area contributed by atoms with Gasteiger partial charge < -0.3 is 4.74 Å². The van der Waals surface area contributed by atoms with Crippen molar-refractivity contribution in [3.05, 3.63) is 88.7 Å². The van der Waals surface area contributed by atoms with E-state index in [2.05, 4.69) is 5.10 Å². The summed E-state index contributed by atoms with van der Waals surface area (Å²) >= 11 is 1.53. The van der Waals surface area contributed by atoms with Gasteiger partial charge in [0.1, 0.15) is 17.5 Å². The molecule has 5 rings (SSSR count). The van der Waals surface area contributed by atoms with Gasteiger partial charge in [0.05, 0.1) is 24.8 Å². The molecular formula is C24H22N4O3S2. The van der Waals surface area contributed by atoms with Gasteiger partial charge in [0.25, 0.3) is 0 Å². The summed E-state index contributed by atoms with van der Waals surface area (Å²) in [6, 6.07) is 21.0. The number of hydrogen-bond acceptors (Lipinski definition) is 6. The number of para-hydroxylation sites is 1. The number of thiophene rings is 1. The van der Waals surface area contributed by atoms with Crippen molar-refractivity contribution in [1.29, 1.82) is 0 Å². The Hall–Kier alpha value is -3.43. The Morgan fingerprint density at radius 3 is 2.42 bits per heavy atom. The van der Waals surface area contributed by atoms with Crippen LogP contribution in [-0.4, -0.2) is 41.7 Å². The molecular weight excluding hydrogens is 456 g/mol. The number of ether oxygens (including phenoxy) is 1. The van der Waals surface area contributed by atoms with Crippen molar-refractivity contribution in [3.8, 4) is 22.7 Å². The Kier molecular flexibility index (Phi) is 5.51. The molecule has 2 aromatic carbocycles. The maximum atomic E-state index is 12.6. The molecule has 0 radical (unpaired) electrons. The highest BCUT2D eigenvalue weighted by atomic mass is 32.2. The Bertz CT molecular complexity index is 1390. The smallest absolute Gasteiger partial charge is 0.247 e. The lowest BCUT2D eigenvalue weighted by molar-refractivity contribution is 0.379. The van der Waals surface area contributed by atoms with Gasteiger partial charge in [0, 0.05) is 28.6 Å². The summed E-state index contributed by atoms with van der Waals surface area (Å²) in [4.78, 5) is 0.959. The van der Waals surface area contributed by atoms with Crippen LogP contribution in [0.2, 0.25) is 0 Å². The molecule has 0 N–H and O–H groups in total. The third-order valence-electron chi connectivity index (χ3n) is 5.49. The lowest BCUT2D eigenvalue weighted by Gasteiger charge is -2.19. The molecule has 4 aromatic rings. The largest absolute Gasteiger partial charge is 0.497 e. The fourth-order valence-electron chi connectivity index (χ4n) is 3.91. The average molecular weight is 479 g/mol. The quantitative estimate of drug-likeness (QED) is 0.402. The minimum atomic E-state index is -3.54. The van der Waals surface area contributed by atoms with Crippen LogP contribution in [0.25, 0.3) is 16.9 Å². The van der Waals surface area contributed by atoms with E-state index in [1.807, 2.05) is 78.3 Å². The molecule has 0 amide bonds. The Balaban J connectivity index is 1.64. The molecule has 0 saturated heterocycles. The molecule has 168 valence electrons. The topological polar surface area (TPSA) is 76.8 Å². The molecule has 2 aromatic heterocycles. The summed E-state index contributed by atoms with van der Waals surface area (Å²) in [6.45, 7) is 0. The van der Waals surface area contributed by atoms with E-state index in [4.69, 9.17) is 9.84 Å². The summed E-state index contributed by atoms with van der Waals surface area (Å²) in [6.07, 6.45) is 3.58. The summed E-state index contributed by atoms with van der Waals surface area (Å²) in [5.41, 5.74) is 4.03. The average Bonchev–Trinajstić information content (AvgIpc) is 3.58. The zero-order chi connectivity index (χ0) is 23.0. The summed E-state index contributed by atoms with van der Waals surface area (Å²) in [5.74, 6) is 0.752. The fourth-order valence-corrected chi connectivity index (χ4v) is 5.69. The van der Waals surface area contributed by atoms with Crippen molar-refractivity contribution in [3.63, 3.8) is 0 Å². The van der Waals surface area contributed by atoms with Crippen molar-refractivity contribution < 1.29 is 13.2 Å². The number of nitrogens with zero attached hydrogens (tertiary/aromatic N) is 4. The fraction of sp³-hybridized carbons (Fsp3) is 0.167. The predicted molar refractivity (Wildman–Crippen MR) is 130 cm³/mol. The second kappa shape index (κ2) is 8.49. The van der Waals surface area contributed by atoms with Crippen LogP contribution in [0.4, 0.5) is 0 Å². The van der Waals surface area contributed by atoms with Gasteiger partial charge in [-0.2, -0.15) is 14.6 Å². The standard InChI is InChI=1S/C24H22N4O3S2/c1-31-19-12-10-17(11-13-19)24-20(16-27(26-24)18-7-4-3-5-8-18)21-15-22(23-9-6-14-32-23)28(25-21)33(2,29)30/h3-14,16,22H,15H2,1-2H3. The zero-order valence-electron chi connectivity index (χ0n) is 18.1.